The molecule has 1 spiro atoms. The highest BCUT2D eigenvalue weighted by molar-refractivity contribution is 5.33. The van der Waals surface area contributed by atoms with Crippen molar-refractivity contribution in [3.05, 3.63) is 0 Å². The number of ether oxygens (including phenoxy) is 2. The lowest BCUT2D eigenvalue weighted by Gasteiger charge is -2.52. The van der Waals surface area contributed by atoms with Gasteiger partial charge in [0, 0.05) is 11.8 Å². The van der Waals surface area contributed by atoms with E-state index in [2.05, 4.69) is 0 Å². The van der Waals surface area contributed by atoms with Crippen LogP contribution in [-0.4, -0.2) is 30.2 Å². The Bertz CT molecular complexity index is 402. The second-order valence-corrected chi connectivity index (χ2v) is 6.83. The van der Waals surface area contributed by atoms with Crippen LogP contribution in [0.4, 0.5) is 0 Å². The Balaban J connectivity index is 1.64. The maximum absolute atomic E-state index is 10.4. The zero-order valence-corrected chi connectivity index (χ0v) is 9.08. The number of fused-ring (bicyclic) bond motifs is 4. The van der Waals surface area contributed by atoms with Crippen LogP contribution in [0.5, 0.6) is 0 Å². The van der Waals surface area contributed by atoms with Crippen molar-refractivity contribution in [2.45, 2.75) is 18.3 Å². The minimum atomic E-state index is -0.231. The summed E-state index contributed by atoms with van der Waals surface area (Å²) in [7, 11) is 0. The van der Waals surface area contributed by atoms with E-state index in [1.54, 1.807) is 0 Å². The Labute approximate surface area is 94.1 Å². The van der Waals surface area contributed by atoms with E-state index in [0.717, 1.165) is 36.9 Å². The molecule has 6 rings (SSSR count). The molecule has 0 aromatic carbocycles. The van der Waals surface area contributed by atoms with E-state index in [9.17, 15) is 5.11 Å². The van der Waals surface area contributed by atoms with E-state index in [4.69, 9.17) is 9.47 Å². The van der Waals surface area contributed by atoms with Gasteiger partial charge in [-0.2, -0.15) is 0 Å². The molecule has 2 bridgehead atoms. The summed E-state index contributed by atoms with van der Waals surface area (Å²) >= 11 is 0. The van der Waals surface area contributed by atoms with Crippen LogP contribution in [-0.2, 0) is 9.47 Å². The van der Waals surface area contributed by atoms with Gasteiger partial charge in [-0.05, 0) is 41.9 Å². The number of rotatable bonds is 0. The van der Waals surface area contributed by atoms with Crippen LogP contribution in [0.2, 0.25) is 0 Å². The third-order valence-electron chi connectivity index (χ3n) is 7.08. The maximum atomic E-state index is 10.4. The van der Waals surface area contributed by atoms with Crippen LogP contribution < -0.4 is 0 Å². The fourth-order valence-electron chi connectivity index (χ4n) is 7.27. The SMILES string of the molecule is O[C@@H]1[C@@H]2[C@H]3C4[C@@H]5C[C@H]3[C@H]1[C@@H]5C1(OCCO1)[C@@H]42. The fourth-order valence-corrected chi connectivity index (χ4v) is 7.27. The first-order valence-corrected chi connectivity index (χ1v) is 6.80. The molecule has 86 valence electrons. The van der Waals surface area contributed by atoms with Crippen LogP contribution in [0.25, 0.3) is 0 Å². The van der Waals surface area contributed by atoms with Gasteiger partial charge >= 0.3 is 0 Å². The first-order chi connectivity index (χ1) is 7.84. The minimum absolute atomic E-state index is 0.0211. The molecule has 3 heteroatoms. The van der Waals surface area contributed by atoms with Crippen molar-refractivity contribution < 1.29 is 14.6 Å². The van der Waals surface area contributed by atoms with Crippen molar-refractivity contribution in [3.63, 3.8) is 0 Å². The lowest BCUT2D eigenvalue weighted by molar-refractivity contribution is -0.277. The Kier molecular flexibility index (Phi) is 1.01. The number of aliphatic hydroxyl groups excluding tert-OH is 1. The van der Waals surface area contributed by atoms with Crippen molar-refractivity contribution in [2.75, 3.05) is 13.2 Å². The largest absolute Gasteiger partial charge is 0.393 e. The van der Waals surface area contributed by atoms with Crippen LogP contribution in [0.15, 0.2) is 0 Å². The fraction of sp³-hybridized carbons (Fsp3) is 1.00. The van der Waals surface area contributed by atoms with Crippen molar-refractivity contribution in [3.8, 4) is 0 Å². The van der Waals surface area contributed by atoms with Gasteiger partial charge in [0.1, 0.15) is 0 Å². The summed E-state index contributed by atoms with van der Waals surface area (Å²) in [6.07, 6.45) is 1.34. The third kappa shape index (κ3) is 0.485. The molecular formula is C13H16O3. The summed E-state index contributed by atoms with van der Waals surface area (Å²) in [5.41, 5.74) is 0. The van der Waals surface area contributed by atoms with E-state index in [1.807, 2.05) is 0 Å². The highest BCUT2D eigenvalue weighted by Gasteiger charge is 2.89. The molecular weight excluding hydrogens is 204 g/mol. The smallest absolute Gasteiger partial charge is 0.175 e. The van der Waals surface area contributed by atoms with E-state index in [0.29, 0.717) is 23.7 Å². The van der Waals surface area contributed by atoms with Crippen LogP contribution in [0.3, 0.4) is 0 Å². The molecule has 1 heterocycles. The predicted octanol–water partition coefficient (Wildman–Crippen LogP) is 0.478. The van der Waals surface area contributed by atoms with Gasteiger partial charge in [0.25, 0.3) is 0 Å². The highest BCUT2D eigenvalue weighted by atomic mass is 16.7. The van der Waals surface area contributed by atoms with Crippen LogP contribution in [0.1, 0.15) is 6.42 Å². The lowest BCUT2D eigenvalue weighted by Crippen LogP contribution is -2.59. The third-order valence-corrected chi connectivity index (χ3v) is 7.08. The van der Waals surface area contributed by atoms with Gasteiger partial charge < -0.3 is 14.6 Å². The van der Waals surface area contributed by atoms with Crippen molar-refractivity contribution >= 4 is 0 Å². The standard InChI is InChI=1S/C13H16O3/c14-12-8-4-3-5-7-6(4)9(12)11(7)13(10(5)8)15-1-2-16-13/h4-12,14H,1-3H2/t4-,5+,6-,7?,8+,9-,10-,11+,12+/m1/s1. The number of hydrogen-bond acceptors (Lipinski definition) is 3. The van der Waals surface area contributed by atoms with Crippen LogP contribution in [0, 0.1) is 47.3 Å². The molecule has 3 nitrogen and oxygen atoms in total. The molecule has 6 fully saturated rings. The van der Waals surface area contributed by atoms with Crippen LogP contribution >= 0.6 is 0 Å². The normalized spacial score (nSPS) is 74.4. The van der Waals surface area contributed by atoms with Gasteiger partial charge in [0.05, 0.1) is 19.3 Å². The molecule has 0 amide bonds. The summed E-state index contributed by atoms with van der Waals surface area (Å²) < 4.78 is 12.2. The van der Waals surface area contributed by atoms with Gasteiger partial charge in [0.15, 0.2) is 5.79 Å². The second-order valence-electron chi connectivity index (χ2n) is 6.83. The predicted molar refractivity (Wildman–Crippen MR) is 53.2 cm³/mol. The van der Waals surface area contributed by atoms with Gasteiger partial charge in [0.2, 0.25) is 0 Å². The summed E-state index contributed by atoms with van der Waals surface area (Å²) in [5, 5.41) is 10.4. The molecule has 5 saturated carbocycles. The molecule has 1 N–H and O–H groups in total. The summed E-state index contributed by atoms with van der Waals surface area (Å²) in [5.74, 6) is 5.26. The molecule has 6 aliphatic rings. The number of aliphatic hydroxyl groups is 1. The van der Waals surface area contributed by atoms with E-state index in [1.165, 1.54) is 6.42 Å². The molecule has 1 aliphatic heterocycles. The molecule has 0 aromatic rings. The lowest BCUT2D eigenvalue weighted by atomic mass is 9.57. The summed E-state index contributed by atoms with van der Waals surface area (Å²) in [4.78, 5) is 0. The van der Waals surface area contributed by atoms with E-state index >= 15 is 0 Å². The van der Waals surface area contributed by atoms with Gasteiger partial charge in [-0.25, -0.2) is 0 Å². The molecule has 1 unspecified atom stereocenters. The van der Waals surface area contributed by atoms with Crippen molar-refractivity contribution in [1.29, 1.82) is 0 Å². The molecule has 0 aromatic heterocycles. The van der Waals surface area contributed by atoms with Crippen molar-refractivity contribution in [2.24, 2.45) is 47.3 Å². The zero-order valence-electron chi connectivity index (χ0n) is 9.08. The molecule has 16 heavy (non-hydrogen) atoms. The van der Waals surface area contributed by atoms with E-state index in [-0.39, 0.29) is 11.9 Å². The quantitative estimate of drug-likeness (QED) is 0.645. The number of hydrogen-bond donors (Lipinski definition) is 1. The first-order valence-electron chi connectivity index (χ1n) is 6.80. The minimum Gasteiger partial charge on any atom is -0.393 e. The highest BCUT2D eigenvalue weighted by Crippen LogP contribution is 2.86. The van der Waals surface area contributed by atoms with Gasteiger partial charge in [-0.15, -0.1) is 0 Å². The first kappa shape index (κ1) is 8.06. The maximum Gasteiger partial charge on any atom is 0.175 e. The Morgan fingerprint density at radius 2 is 1.69 bits per heavy atom. The van der Waals surface area contributed by atoms with E-state index < -0.39 is 0 Å². The van der Waals surface area contributed by atoms with Crippen molar-refractivity contribution in [1.82, 2.24) is 0 Å². The molecule has 9 atom stereocenters. The topological polar surface area (TPSA) is 38.7 Å². The Morgan fingerprint density at radius 3 is 2.50 bits per heavy atom. The zero-order chi connectivity index (χ0) is 10.2. The second kappa shape index (κ2) is 2.00. The van der Waals surface area contributed by atoms with Gasteiger partial charge in [-0.3, -0.25) is 0 Å². The molecule has 5 aliphatic carbocycles. The Morgan fingerprint density at radius 1 is 0.875 bits per heavy atom. The monoisotopic (exact) mass is 220 g/mol. The average molecular weight is 220 g/mol. The molecule has 1 saturated heterocycles. The molecule has 0 radical (unpaired) electrons. The summed E-state index contributed by atoms with van der Waals surface area (Å²) in [6.45, 7) is 1.55. The van der Waals surface area contributed by atoms with Gasteiger partial charge in [-0.1, -0.05) is 0 Å². The average Bonchev–Trinajstić information content (AvgIpc) is 2.87. The Hall–Kier alpha value is -0.120. The summed E-state index contributed by atoms with van der Waals surface area (Å²) in [6, 6.07) is 0.